The Morgan fingerprint density at radius 2 is 2.00 bits per heavy atom. The molecular formula is C22H23BrN4O4. The van der Waals surface area contributed by atoms with Crippen molar-refractivity contribution in [2.45, 2.75) is 46.1 Å². The summed E-state index contributed by atoms with van der Waals surface area (Å²) in [5, 5.41) is 16.0. The van der Waals surface area contributed by atoms with Gasteiger partial charge in [0.15, 0.2) is 0 Å². The first-order chi connectivity index (χ1) is 14.7. The summed E-state index contributed by atoms with van der Waals surface area (Å²) in [6.07, 6.45) is 2.04. The van der Waals surface area contributed by atoms with E-state index in [1.807, 2.05) is 33.8 Å². The topological polar surface area (TPSA) is 99.6 Å². The molecule has 0 aliphatic heterocycles. The van der Waals surface area contributed by atoms with E-state index in [0.29, 0.717) is 28.0 Å². The Hall–Kier alpha value is -3.07. The monoisotopic (exact) mass is 486 g/mol. The van der Waals surface area contributed by atoms with E-state index in [1.54, 1.807) is 12.1 Å². The van der Waals surface area contributed by atoms with Crippen molar-refractivity contribution < 1.29 is 9.66 Å². The number of nitro benzene ring substituents is 1. The Kier molecular flexibility index (Phi) is 6.84. The predicted molar refractivity (Wildman–Crippen MR) is 124 cm³/mol. The van der Waals surface area contributed by atoms with Crippen LogP contribution in [-0.4, -0.2) is 26.9 Å². The first-order valence-corrected chi connectivity index (χ1v) is 10.7. The maximum Gasteiger partial charge on any atom is 0.282 e. The van der Waals surface area contributed by atoms with Gasteiger partial charge in [-0.2, -0.15) is 9.78 Å². The number of hydrogen-bond donors (Lipinski definition) is 0. The molecule has 0 fully saturated rings. The van der Waals surface area contributed by atoms with E-state index in [2.05, 4.69) is 26.0 Å². The second-order valence-electron chi connectivity index (χ2n) is 7.45. The van der Waals surface area contributed by atoms with Crippen molar-refractivity contribution >= 4 is 38.7 Å². The number of hydrogen-bond acceptors (Lipinski definition) is 6. The second-order valence-corrected chi connectivity index (χ2v) is 8.36. The zero-order valence-electron chi connectivity index (χ0n) is 17.7. The fourth-order valence-electron chi connectivity index (χ4n) is 3.01. The molecule has 0 N–H and O–H groups in total. The summed E-state index contributed by atoms with van der Waals surface area (Å²) >= 11 is 3.39. The third-order valence-electron chi connectivity index (χ3n) is 4.77. The van der Waals surface area contributed by atoms with E-state index in [-0.39, 0.29) is 23.3 Å². The molecule has 162 valence electrons. The van der Waals surface area contributed by atoms with Crippen molar-refractivity contribution in [1.29, 1.82) is 0 Å². The van der Waals surface area contributed by atoms with Crippen LogP contribution in [0.3, 0.4) is 0 Å². The number of aromatic nitrogens is 2. The number of nitro groups is 1. The number of ether oxygens (including phenoxy) is 1. The van der Waals surface area contributed by atoms with Crippen LogP contribution >= 0.6 is 15.9 Å². The molecule has 0 saturated heterocycles. The number of benzene rings is 2. The molecule has 1 heterocycles. The molecule has 1 atom stereocenters. The van der Waals surface area contributed by atoms with E-state index in [9.17, 15) is 14.9 Å². The van der Waals surface area contributed by atoms with Crippen LogP contribution in [0.25, 0.3) is 10.9 Å². The van der Waals surface area contributed by atoms with Gasteiger partial charge in [0.2, 0.25) is 0 Å². The van der Waals surface area contributed by atoms with Crippen LogP contribution in [-0.2, 0) is 0 Å². The van der Waals surface area contributed by atoms with Gasteiger partial charge in [-0.25, -0.2) is 4.98 Å². The fourth-order valence-corrected chi connectivity index (χ4v) is 3.37. The minimum Gasteiger partial charge on any atom is -0.490 e. The van der Waals surface area contributed by atoms with Gasteiger partial charge in [0.1, 0.15) is 11.6 Å². The van der Waals surface area contributed by atoms with Crippen molar-refractivity contribution in [2.24, 2.45) is 5.10 Å². The third-order valence-corrected chi connectivity index (χ3v) is 5.26. The molecule has 0 radical (unpaired) electrons. The van der Waals surface area contributed by atoms with Gasteiger partial charge in [-0.15, -0.1) is 0 Å². The minimum absolute atomic E-state index is 0.0191. The lowest BCUT2D eigenvalue weighted by Gasteiger charge is -2.15. The molecular weight excluding hydrogens is 464 g/mol. The molecule has 31 heavy (non-hydrogen) atoms. The number of non-ortho nitro benzene ring substituents is 1. The van der Waals surface area contributed by atoms with Crippen LogP contribution in [0.5, 0.6) is 5.75 Å². The van der Waals surface area contributed by atoms with Gasteiger partial charge >= 0.3 is 0 Å². The van der Waals surface area contributed by atoms with Gasteiger partial charge in [-0.1, -0.05) is 29.8 Å². The quantitative estimate of drug-likeness (QED) is 0.258. The molecule has 0 unspecified atom stereocenters. The molecule has 9 heteroatoms. The molecule has 0 saturated carbocycles. The van der Waals surface area contributed by atoms with Crippen molar-refractivity contribution in [2.75, 3.05) is 0 Å². The van der Waals surface area contributed by atoms with Gasteiger partial charge in [0.05, 0.1) is 28.1 Å². The molecule has 0 spiro atoms. The Morgan fingerprint density at radius 3 is 2.65 bits per heavy atom. The Bertz CT molecular complexity index is 1220. The average molecular weight is 487 g/mol. The summed E-state index contributed by atoms with van der Waals surface area (Å²) in [6.45, 7) is 7.70. The largest absolute Gasteiger partial charge is 0.490 e. The smallest absolute Gasteiger partial charge is 0.282 e. The summed E-state index contributed by atoms with van der Waals surface area (Å²) in [5.41, 5.74) is 0.593. The highest BCUT2D eigenvalue weighted by atomic mass is 79.9. The lowest BCUT2D eigenvalue weighted by atomic mass is 10.1. The molecule has 8 nitrogen and oxygen atoms in total. The first kappa shape index (κ1) is 22.6. The van der Waals surface area contributed by atoms with Gasteiger partial charge in [0, 0.05) is 28.1 Å². The zero-order valence-corrected chi connectivity index (χ0v) is 19.3. The van der Waals surface area contributed by atoms with Gasteiger partial charge in [0.25, 0.3) is 11.2 Å². The van der Waals surface area contributed by atoms with Crippen LogP contribution < -0.4 is 10.3 Å². The lowest BCUT2D eigenvalue weighted by Crippen LogP contribution is -2.23. The van der Waals surface area contributed by atoms with E-state index >= 15 is 0 Å². The predicted octanol–water partition coefficient (Wildman–Crippen LogP) is 5.25. The van der Waals surface area contributed by atoms with Crippen molar-refractivity contribution in [1.82, 2.24) is 9.66 Å². The Morgan fingerprint density at radius 1 is 1.26 bits per heavy atom. The maximum absolute atomic E-state index is 13.2. The molecule has 0 aliphatic carbocycles. The van der Waals surface area contributed by atoms with Gasteiger partial charge in [-0.05, 0) is 44.5 Å². The second kappa shape index (κ2) is 9.38. The number of fused-ring (bicyclic) bond motifs is 1. The van der Waals surface area contributed by atoms with Crippen LogP contribution in [0.15, 0.2) is 50.8 Å². The van der Waals surface area contributed by atoms with Crippen molar-refractivity contribution in [3.63, 3.8) is 0 Å². The third kappa shape index (κ3) is 4.99. The molecule has 0 bridgehead atoms. The first-order valence-electron chi connectivity index (χ1n) is 9.93. The summed E-state index contributed by atoms with van der Waals surface area (Å²) in [7, 11) is 0. The lowest BCUT2D eigenvalue weighted by molar-refractivity contribution is -0.384. The van der Waals surface area contributed by atoms with Crippen LogP contribution in [0.4, 0.5) is 5.69 Å². The van der Waals surface area contributed by atoms with E-state index in [0.717, 1.165) is 10.9 Å². The van der Waals surface area contributed by atoms with Crippen LogP contribution in [0.1, 0.15) is 51.4 Å². The highest BCUT2D eigenvalue weighted by Gasteiger charge is 2.17. The van der Waals surface area contributed by atoms with Crippen molar-refractivity contribution in [3.8, 4) is 5.75 Å². The number of nitrogens with zero attached hydrogens (tertiary/aromatic N) is 4. The van der Waals surface area contributed by atoms with E-state index < -0.39 is 4.92 Å². The van der Waals surface area contributed by atoms with Crippen LogP contribution in [0.2, 0.25) is 0 Å². The normalized spacial score (nSPS) is 12.6. The number of rotatable bonds is 7. The molecule has 3 aromatic rings. The summed E-state index contributed by atoms with van der Waals surface area (Å²) < 4.78 is 7.79. The molecule has 1 aromatic heterocycles. The SMILES string of the molecule is CC[C@H](C)c1nc2ccc(Br)cc2c(=O)n1N=Cc1cc([N+](=O)[O-])ccc1OC(C)C. The number of halogens is 1. The maximum atomic E-state index is 13.2. The highest BCUT2D eigenvalue weighted by molar-refractivity contribution is 9.10. The van der Waals surface area contributed by atoms with Crippen molar-refractivity contribution in [3.05, 3.63) is 72.7 Å². The van der Waals surface area contributed by atoms with E-state index in [1.165, 1.54) is 29.1 Å². The van der Waals surface area contributed by atoms with Crippen LogP contribution in [0, 0.1) is 10.1 Å². The standard InChI is InChI=1S/C22H23BrN4O4/c1-5-14(4)21-25-19-8-6-16(23)11-18(19)22(28)26(21)24-12-15-10-17(27(29)30)7-9-20(15)31-13(2)3/h6-14H,5H2,1-4H3/t14-/m0/s1. The molecule has 2 aromatic carbocycles. The fraction of sp³-hybridized carbons (Fsp3) is 0.318. The Balaban J connectivity index is 2.20. The highest BCUT2D eigenvalue weighted by Crippen LogP contribution is 2.25. The molecule has 0 amide bonds. The minimum atomic E-state index is -0.484. The van der Waals surface area contributed by atoms with Gasteiger partial charge < -0.3 is 4.74 Å². The zero-order chi connectivity index (χ0) is 22.7. The molecule has 3 rings (SSSR count). The van der Waals surface area contributed by atoms with Gasteiger partial charge in [-0.3, -0.25) is 14.9 Å². The van der Waals surface area contributed by atoms with E-state index in [4.69, 9.17) is 4.74 Å². The Labute approximate surface area is 187 Å². The summed E-state index contributed by atoms with van der Waals surface area (Å²) in [4.78, 5) is 28.6. The average Bonchev–Trinajstić information content (AvgIpc) is 2.73. The summed E-state index contributed by atoms with van der Waals surface area (Å²) in [5.74, 6) is 0.948. The summed E-state index contributed by atoms with van der Waals surface area (Å²) in [6, 6.07) is 9.61. The molecule has 0 aliphatic rings.